The number of anilines is 1. The van der Waals surface area contributed by atoms with Crippen molar-refractivity contribution in [1.29, 1.82) is 0 Å². The highest BCUT2D eigenvalue weighted by atomic mass is 16.5. The molecule has 0 amide bonds. The molecule has 1 saturated heterocycles. The Morgan fingerprint density at radius 2 is 1.78 bits per heavy atom. The monoisotopic (exact) mass is 501 g/mol. The lowest BCUT2D eigenvalue weighted by Gasteiger charge is -2.40. The molecule has 1 aliphatic rings. The quantitative estimate of drug-likeness (QED) is 0.411. The number of hydrogen-bond donors (Lipinski definition) is 1. The Morgan fingerprint density at radius 1 is 1.05 bits per heavy atom. The molecule has 0 aliphatic carbocycles. The van der Waals surface area contributed by atoms with Crippen molar-refractivity contribution in [3.8, 4) is 5.75 Å². The number of methoxy groups -OCH3 is 1. The summed E-state index contributed by atoms with van der Waals surface area (Å²) in [6, 6.07) is 15.9. The molecule has 37 heavy (non-hydrogen) atoms. The first-order valence-corrected chi connectivity index (χ1v) is 12.9. The van der Waals surface area contributed by atoms with Gasteiger partial charge in [0.05, 0.1) is 12.6 Å². The molecule has 1 fully saturated rings. The van der Waals surface area contributed by atoms with Crippen LogP contribution in [-0.4, -0.2) is 63.4 Å². The van der Waals surface area contributed by atoms with Gasteiger partial charge in [-0.1, -0.05) is 18.6 Å². The summed E-state index contributed by atoms with van der Waals surface area (Å²) in [7, 11) is 1.68. The van der Waals surface area contributed by atoms with Gasteiger partial charge in [0, 0.05) is 42.9 Å². The second kappa shape index (κ2) is 9.97. The fraction of sp³-hybridized carbons (Fsp3) is 0.429. The fourth-order valence-electron chi connectivity index (χ4n) is 5.02. The smallest absolute Gasteiger partial charge is 0.253 e. The molecule has 9 nitrogen and oxygen atoms in total. The molecule has 9 heteroatoms. The lowest BCUT2D eigenvalue weighted by atomic mass is 9.98. The van der Waals surface area contributed by atoms with Crippen LogP contribution in [0.15, 0.2) is 53.3 Å². The third kappa shape index (κ3) is 4.83. The highest BCUT2D eigenvalue weighted by Gasteiger charge is 2.35. The third-order valence-corrected chi connectivity index (χ3v) is 7.62. The van der Waals surface area contributed by atoms with Gasteiger partial charge < -0.3 is 14.6 Å². The SMILES string of the molecule is CCC(C)(C)n1nnnc1[C@@H](c1cc2cc(C)ccc2[nH]c1=O)N1CCN(c2ccc(OC)cc2)CC1. The molecule has 1 aliphatic heterocycles. The molecule has 1 atom stereocenters. The molecule has 194 valence electrons. The van der Waals surface area contributed by atoms with Crippen molar-refractivity contribution in [3.63, 3.8) is 0 Å². The van der Waals surface area contributed by atoms with E-state index in [-0.39, 0.29) is 17.1 Å². The summed E-state index contributed by atoms with van der Waals surface area (Å²) in [5.41, 5.74) is 3.40. The molecule has 1 N–H and O–H groups in total. The summed E-state index contributed by atoms with van der Waals surface area (Å²) >= 11 is 0. The van der Waals surface area contributed by atoms with E-state index in [1.165, 1.54) is 0 Å². The molecule has 0 spiro atoms. The Balaban J connectivity index is 1.54. The minimum absolute atomic E-state index is 0.109. The minimum Gasteiger partial charge on any atom is -0.497 e. The van der Waals surface area contributed by atoms with Gasteiger partial charge in [-0.2, -0.15) is 0 Å². The van der Waals surface area contributed by atoms with E-state index >= 15 is 0 Å². The highest BCUT2D eigenvalue weighted by molar-refractivity contribution is 5.79. The number of H-pyrrole nitrogens is 1. The molecule has 2 aromatic heterocycles. The molecule has 0 radical (unpaired) electrons. The Kier molecular flexibility index (Phi) is 6.72. The normalized spacial score (nSPS) is 15.8. The number of hydrogen-bond acceptors (Lipinski definition) is 7. The molecule has 0 saturated carbocycles. The Morgan fingerprint density at radius 3 is 2.46 bits per heavy atom. The standard InChI is InChI=1S/C28H35N7O2/c1-6-28(3,4)35-26(30-31-32-35)25(23-18-20-17-19(2)7-12-24(20)29-27(23)36)34-15-13-33(14-16-34)21-8-10-22(37-5)11-9-21/h7-12,17-18,25H,6,13-16H2,1-5H3,(H,29,36)/t25-/m1/s1. The molecule has 0 bridgehead atoms. The van der Waals surface area contributed by atoms with Gasteiger partial charge >= 0.3 is 0 Å². The molecule has 4 aromatic rings. The van der Waals surface area contributed by atoms with Crippen LogP contribution < -0.4 is 15.2 Å². The van der Waals surface area contributed by atoms with Crippen LogP contribution in [0.5, 0.6) is 5.75 Å². The van der Waals surface area contributed by atoms with Gasteiger partial charge in [0.1, 0.15) is 11.8 Å². The molecule has 5 rings (SSSR count). The third-order valence-electron chi connectivity index (χ3n) is 7.62. The van der Waals surface area contributed by atoms with E-state index in [0.717, 1.165) is 60.5 Å². The zero-order valence-corrected chi connectivity index (χ0v) is 22.2. The number of pyridine rings is 1. The lowest BCUT2D eigenvalue weighted by molar-refractivity contribution is 0.186. The zero-order chi connectivity index (χ0) is 26.2. The lowest BCUT2D eigenvalue weighted by Crippen LogP contribution is -2.49. The van der Waals surface area contributed by atoms with E-state index in [1.54, 1.807) is 7.11 Å². The summed E-state index contributed by atoms with van der Waals surface area (Å²) < 4.78 is 7.21. The first kappa shape index (κ1) is 25.0. The van der Waals surface area contributed by atoms with Crippen molar-refractivity contribution >= 4 is 16.6 Å². The predicted octanol–water partition coefficient (Wildman–Crippen LogP) is 3.89. The van der Waals surface area contributed by atoms with E-state index in [2.05, 4.69) is 76.2 Å². The summed E-state index contributed by atoms with van der Waals surface area (Å²) in [6.45, 7) is 11.6. The van der Waals surface area contributed by atoms with Crippen LogP contribution in [-0.2, 0) is 5.54 Å². The van der Waals surface area contributed by atoms with Crippen LogP contribution in [0.1, 0.15) is 50.2 Å². The average molecular weight is 502 g/mol. The largest absolute Gasteiger partial charge is 0.497 e. The average Bonchev–Trinajstić information content (AvgIpc) is 3.40. The van der Waals surface area contributed by atoms with Gasteiger partial charge in [0.15, 0.2) is 5.82 Å². The van der Waals surface area contributed by atoms with Crippen LogP contribution >= 0.6 is 0 Å². The number of benzene rings is 2. The molecule has 2 aromatic carbocycles. The number of fused-ring (bicyclic) bond motifs is 1. The number of nitrogens with zero attached hydrogens (tertiary/aromatic N) is 6. The van der Waals surface area contributed by atoms with Crippen molar-refractivity contribution in [2.75, 3.05) is 38.2 Å². The van der Waals surface area contributed by atoms with Crippen molar-refractivity contribution in [2.24, 2.45) is 0 Å². The van der Waals surface area contributed by atoms with Gasteiger partial charge in [0.2, 0.25) is 0 Å². The predicted molar refractivity (Wildman–Crippen MR) is 145 cm³/mol. The maximum Gasteiger partial charge on any atom is 0.253 e. The van der Waals surface area contributed by atoms with Crippen LogP contribution in [0, 0.1) is 6.92 Å². The summed E-state index contributed by atoms with van der Waals surface area (Å²) in [4.78, 5) is 21.3. The van der Waals surface area contributed by atoms with Gasteiger partial charge in [-0.05, 0) is 85.5 Å². The van der Waals surface area contributed by atoms with Crippen molar-refractivity contribution in [1.82, 2.24) is 30.1 Å². The van der Waals surface area contributed by atoms with Gasteiger partial charge in [-0.15, -0.1) is 5.10 Å². The Hall–Kier alpha value is -3.72. The maximum absolute atomic E-state index is 13.5. The van der Waals surface area contributed by atoms with Crippen LogP contribution in [0.4, 0.5) is 5.69 Å². The minimum atomic E-state index is -0.368. The van der Waals surface area contributed by atoms with E-state index in [4.69, 9.17) is 4.74 Å². The first-order valence-electron chi connectivity index (χ1n) is 12.9. The van der Waals surface area contributed by atoms with E-state index in [0.29, 0.717) is 11.4 Å². The van der Waals surface area contributed by atoms with Gasteiger partial charge in [-0.3, -0.25) is 9.69 Å². The Labute approximate surface area is 217 Å². The van der Waals surface area contributed by atoms with E-state index in [9.17, 15) is 4.79 Å². The number of aromatic amines is 1. The van der Waals surface area contributed by atoms with Crippen LogP contribution in [0.3, 0.4) is 0 Å². The first-order chi connectivity index (χ1) is 17.8. The fourth-order valence-corrected chi connectivity index (χ4v) is 5.02. The van der Waals surface area contributed by atoms with Gasteiger partial charge in [-0.25, -0.2) is 4.68 Å². The van der Waals surface area contributed by atoms with Gasteiger partial charge in [0.25, 0.3) is 5.56 Å². The summed E-state index contributed by atoms with van der Waals surface area (Å²) in [5, 5.41) is 13.9. The maximum atomic E-state index is 13.5. The summed E-state index contributed by atoms with van der Waals surface area (Å²) in [6.07, 6.45) is 0.857. The zero-order valence-electron chi connectivity index (χ0n) is 22.2. The summed E-state index contributed by atoms with van der Waals surface area (Å²) in [5.74, 6) is 1.54. The topological polar surface area (TPSA) is 92.2 Å². The second-order valence-corrected chi connectivity index (χ2v) is 10.4. The van der Waals surface area contributed by atoms with Crippen molar-refractivity contribution in [3.05, 3.63) is 75.8 Å². The molecule has 0 unspecified atom stereocenters. The Bertz CT molecular complexity index is 1430. The van der Waals surface area contributed by atoms with Crippen molar-refractivity contribution in [2.45, 2.75) is 45.7 Å². The number of ether oxygens (including phenoxy) is 1. The number of nitrogens with one attached hydrogen (secondary N) is 1. The number of aromatic nitrogens is 5. The highest BCUT2D eigenvalue weighted by Crippen LogP contribution is 2.32. The van der Waals surface area contributed by atoms with Crippen LogP contribution in [0.25, 0.3) is 10.9 Å². The number of tetrazole rings is 1. The second-order valence-electron chi connectivity index (χ2n) is 10.4. The van der Waals surface area contributed by atoms with Crippen molar-refractivity contribution < 1.29 is 4.74 Å². The van der Waals surface area contributed by atoms with E-state index in [1.807, 2.05) is 35.0 Å². The number of piperazine rings is 1. The number of rotatable bonds is 7. The van der Waals surface area contributed by atoms with Crippen LogP contribution in [0.2, 0.25) is 0 Å². The molecular weight excluding hydrogens is 466 g/mol. The number of aryl methyl sites for hydroxylation is 1. The van der Waals surface area contributed by atoms with E-state index < -0.39 is 0 Å². The molecule has 3 heterocycles. The molecular formula is C28H35N7O2.